The number of esters is 1. The number of carbonyl (C=O) groups is 2. The van der Waals surface area contributed by atoms with E-state index in [1.807, 2.05) is 13.8 Å². The number of carbonyl (C=O) groups excluding carboxylic acids is 2. The first-order valence-electron chi connectivity index (χ1n) is 8.26. The number of nitrogens with one attached hydrogen (secondary N) is 1. The zero-order valence-electron chi connectivity index (χ0n) is 14.2. The van der Waals surface area contributed by atoms with E-state index in [2.05, 4.69) is 26.1 Å². The van der Waals surface area contributed by atoms with Crippen molar-refractivity contribution in [1.29, 1.82) is 0 Å². The second kappa shape index (κ2) is 7.81. The van der Waals surface area contributed by atoms with Crippen LogP contribution in [0.4, 0.5) is 0 Å². The van der Waals surface area contributed by atoms with Crippen LogP contribution in [0, 0.1) is 23.2 Å². The molecule has 0 spiro atoms. The molecule has 122 valence electrons. The largest absolute Gasteiger partial charge is 0.466 e. The summed E-state index contributed by atoms with van der Waals surface area (Å²) in [5.41, 5.74) is -0.118. The molecule has 0 bridgehead atoms. The Balaban J connectivity index is 2.80. The van der Waals surface area contributed by atoms with Gasteiger partial charge < -0.3 is 10.1 Å². The fourth-order valence-electron chi connectivity index (χ4n) is 3.61. The molecular formula is C17H31NO3. The minimum absolute atomic E-state index is 0.0122. The maximum Gasteiger partial charge on any atom is 0.306 e. The Hall–Kier alpha value is -1.06. The van der Waals surface area contributed by atoms with Crippen LogP contribution in [0.5, 0.6) is 0 Å². The second-order valence-electron chi connectivity index (χ2n) is 6.94. The maximum atomic E-state index is 12.4. The molecule has 3 unspecified atom stereocenters. The van der Waals surface area contributed by atoms with Crippen molar-refractivity contribution in [3.63, 3.8) is 0 Å². The number of rotatable bonds is 6. The molecule has 1 aliphatic carbocycles. The molecule has 0 radical (unpaired) electrons. The van der Waals surface area contributed by atoms with Crippen LogP contribution >= 0.6 is 0 Å². The van der Waals surface area contributed by atoms with Crippen LogP contribution < -0.4 is 5.32 Å². The van der Waals surface area contributed by atoms with Crippen molar-refractivity contribution < 1.29 is 14.3 Å². The smallest absolute Gasteiger partial charge is 0.306 e. The Morgan fingerprint density at radius 1 is 1.33 bits per heavy atom. The Morgan fingerprint density at radius 2 is 2.00 bits per heavy atom. The molecule has 4 nitrogen and oxygen atoms in total. The predicted molar refractivity (Wildman–Crippen MR) is 83.7 cm³/mol. The molecule has 1 saturated carbocycles. The Labute approximate surface area is 129 Å². The van der Waals surface area contributed by atoms with E-state index in [0.29, 0.717) is 31.4 Å². The summed E-state index contributed by atoms with van der Waals surface area (Å²) in [6, 6.07) is 0. The summed E-state index contributed by atoms with van der Waals surface area (Å²) < 4.78 is 5.09. The summed E-state index contributed by atoms with van der Waals surface area (Å²) in [5, 5.41) is 2.96. The molecule has 1 N–H and O–H groups in total. The lowest BCUT2D eigenvalue weighted by Gasteiger charge is -2.43. The quantitative estimate of drug-likeness (QED) is 0.766. The highest BCUT2D eigenvalue weighted by Crippen LogP contribution is 2.47. The molecule has 1 aliphatic rings. The third-order valence-electron chi connectivity index (χ3n) is 4.73. The molecule has 4 heteroatoms. The van der Waals surface area contributed by atoms with E-state index in [1.54, 1.807) is 0 Å². The number of ether oxygens (including phenoxy) is 1. The fraction of sp³-hybridized carbons (Fsp3) is 0.882. The summed E-state index contributed by atoms with van der Waals surface area (Å²) in [6.45, 7) is 11.3. The highest BCUT2D eigenvalue weighted by molar-refractivity contribution is 5.79. The molecule has 0 aromatic rings. The van der Waals surface area contributed by atoms with Crippen molar-refractivity contribution in [2.75, 3.05) is 13.2 Å². The van der Waals surface area contributed by atoms with Gasteiger partial charge in [0.15, 0.2) is 0 Å². The summed E-state index contributed by atoms with van der Waals surface area (Å²) in [4.78, 5) is 24.2. The normalized spacial score (nSPS) is 29.2. The van der Waals surface area contributed by atoms with Crippen LogP contribution in [-0.4, -0.2) is 25.0 Å². The van der Waals surface area contributed by atoms with Gasteiger partial charge >= 0.3 is 5.97 Å². The van der Waals surface area contributed by atoms with Gasteiger partial charge in [-0.05, 0) is 50.4 Å². The van der Waals surface area contributed by atoms with E-state index in [0.717, 1.165) is 19.3 Å². The predicted octanol–water partition coefficient (Wildman–Crippen LogP) is 3.15. The molecule has 3 atom stereocenters. The van der Waals surface area contributed by atoms with Gasteiger partial charge in [0.05, 0.1) is 13.0 Å². The third-order valence-corrected chi connectivity index (χ3v) is 4.73. The average molecular weight is 297 g/mol. The molecule has 1 rings (SSSR count). The van der Waals surface area contributed by atoms with E-state index >= 15 is 0 Å². The highest BCUT2D eigenvalue weighted by atomic mass is 16.5. The molecule has 1 amide bonds. The van der Waals surface area contributed by atoms with Gasteiger partial charge in [-0.3, -0.25) is 9.59 Å². The number of hydrogen-bond donors (Lipinski definition) is 1. The van der Waals surface area contributed by atoms with Crippen LogP contribution in [0.3, 0.4) is 0 Å². The maximum absolute atomic E-state index is 12.4. The highest BCUT2D eigenvalue weighted by Gasteiger charge is 2.43. The molecule has 0 aromatic carbocycles. The Bertz CT molecular complexity index is 367. The molecule has 0 saturated heterocycles. The molecule has 21 heavy (non-hydrogen) atoms. The lowest BCUT2D eigenvalue weighted by Crippen LogP contribution is -2.44. The van der Waals surface area contributed by atoms with E-state index in [-0.39, 0.29) is 23.2 Å². The Kier molecular flexibility index (Phi) is 6.69. The van der Waals surface area contributed by atoms with E-state index in [1.165, 1.54) is 0 Å². The first-order valence-corrected chi connectivity index (χ1v) is 8.26. The first-order chi connectivity index (χ1) is 9.83. The topological polar surface area (TPSA) is 55.4 Å². The van der Waals surface area contributed by atoms with Gasteiger partial charge in [-0.2, -0.15) is 0 Å². The van der Waals surface area contributed by atoms with Crippen LogP contribution in [0.25, 0.3) is 0 Å². The van der Waals surface area contributed by atoms with E-state index in [9.17, 15) is 9.59 Å². The van der Waals surface area contributed by atoms with Crippen molar-refractivity contribution in [3.8, 4) is 0 Å². The first kappa shape index (κ1) is 18.0. The summed E-state index contributed by atoms with van der Waals surface area (Å²) in [6.07, 6.45) is 3.20. The van der Waals surface area contributed by atoms with Crippen molar-refractivity contribution >= 4 is 11.9 Å². The SMILES string of the molecule is CCNC(=O)C1CC(C)(CC(=O)OCC)CCC1C(C)C. The zero-order chi connectivity index (χ0) is 16.0. The van der Waals surface area contributed by atoms with Crippen LogP contribution in [0.2, 0.25) is 0 Å². The number of amides is 1. The molecular weight excluding hydrogens is 266 g/mol. The van der Waals surface area contributed by atoms with Crippen LogP contribution in [-0.2, 0) is 14.3 Å². The lowest BCUT2D eigenvalue weighted by atomic mass is 9.62. The fourth-order valence-corrected chi connectivity index (χ4v) is 3.61. The molecule has 0 heterocycles. The minimum atomic E-state index is -0.141. The third kappa shape index (κ3) is 5.01. The minimum Gasteiger partial charge on any atom is -0.466 e. The Morgan fingerprint density at radius 3 is 2.52 bits per heavy atom. The van der Waals surface area contributed by atoms with Crippen molar-refractivity contribution in [2.24, 2.45) is 23.2 Å². The number of hydrogen-bond acceptors (Lipinski definition) is 3. The van der Waals surface area contributed by atoms with Gasteiger partial charge in [-0.25, -0.2) is 0 Å². The second-order valence-corrected chi connectivity index (χ2v) is 6.94. The average Bonchev–Trinajstić information content (AvgIpc) is 2.38. The van der Waals surface area contributed by atoms with Gasteiger partial charge in [0.2, 0.25) is 5.91 Å². The lowest BCUT2D eigenvalue weighted by molar-refractivity contribution is -0.148. The molecule has 0 aromatic heterocycles. The molecule has 0 aliphatic heterocycles. The monoisotopic (exact) mass is 297 g/mol. The summed E-state index contributed by atoms with van der Waals surface area (Å²) in [7, 11) is 0. The van der Waals surface area contributed by atoms with E-state index in [4.69, 9.17) is 4.74 Å². The van der Waals surface area contributed by atoms with Crippen molar-refractivity contribution in [2.45, 2.75) is 60.3 Å². The summed E-state index contributed by atoms with van der Waals surface area (Å²) in [5.74, 6) is 0.915. The van der Waals surface area contributed by atoms with Gasteiger partial charge in [0.1, 0.15) is 0 Å². The van der Waals surface area contributed by atoms with Gasteiger partial charge in [0, 0.05) is 12.5 Å². The van der Waals surface area contributed by atoms with Crippen molar-refractivity contribution in [3.05, 3.63) is 0 Å². The van der Waals surface area contributed by atoms with Gasteiger partial charge in [-0.1, -0.05) is 20.8 Å². The van der Waals surface area contributed by atoms with Gasteiger partial charge in [0.25, 0.3) is 0 Å². The standard InChI is InChI=1S/C17H31NO3/c1-6-18-16(20)14-10-17(5,11-15(19)21-7-2)9-8-13(14)12(3)4/h12-14H,6-11H2,1-5H3,(H,18,20). The van der Waals surface area contributed by atoms with Crippen molar-refractivity contribution in [1.82, 2.24) is 5.32 Å². The summed E-state index contributed by atoms with van der Waals surface area (Å²) >= 11 is 0. The molecule has 1 fully saturated rings. The van der Waals surface area contributed by atoms with Crippen LogP contribution in [0.15, 0.2) is 0 Å². The van der Waals surface area contributed by atoms with Gasteiger partial charge in [-0.15, -0.1) is 0 Å². The van der Waals surface area contributed by atoms with E-state index < -0.39 is 0 Å². The van der Waals surface area contributed by atoms with Crippen LogP contribution in [0.1, 0.15) is 60.3 Å². The zero-order valence-corrected chi connectivity index (χ0v) is 14.2.